The normalized spacial score (nSPS) is 20.1. The molecule has 0 aromatic heterocycles. The molecule has 5 heteroatoms. The number of likely N-dealkylation sites (N-methyl/N-ethyl adjacent to an activating group) is 1. The number of hydrogen-bond acceptors (Lipinski definition) is 4. The maximum absolute atomic E-state index is 12.2. The molecule has 1 aromatic carbocycles. The van der Waals surface area contributed by atoms with Crippen LogP contribution in [0.25, 0.3) is 0 Å². The van der Waals surface area contributed by atoms with E-state index in [4.69, 9.17) is 0 Å². The van der Waals surface area contributed by atoms with Crippen molar-refractivity contribution in [3.05, 3.63) is 24.3 Å². The Bertz CT molecular complexity index is 529. The van der Waals surface area contributed by atoms with Gasteiger partial charge in [0.25, 0.3) is 0 Å². The highest BCUT2D eigenvalue weighted by Gasteiger charge is 2.15. The topological polar surface area (TPSA) is 47.6 Å². The van der Waals surface area contributed by atoms with Crippen LogP contribution >= 0.6 is 0 Å². The van der Waals surface area contributed by atoms with Gasteiger partial charge in [-0.25, -0.2) is 0 Å². The second-order valence-corrected chi connectivity index (χ2v) is 7.45. The van der Waals surface area contributed by atoms with Crippen LogP contribution in [0.2, 0.25) is 0 Å². The lowest BCUT2D eigenvalue weighted by Gasteiger charge is -2.34. The lowest BCUT2D eigenvalue weighted by Crippen LogP contribution is -2.44. The zero-order chi connectivity index (χ0) is 17.5. The number of carbonyl (C=O) groups is 1. The van der Waals surface area contributed by atoms with Crippen LogP contribution in [0.4, 0.5) is 11.4 Å². The summed E-state index contributed by atoms with van der Waals surface area (Å²) in [5.41, 5.74) is 2.27. The number of carbonyl (C=O) groups excluding carboxylic acids is 1. The van der Waals surface area contributed by atoms with Gasteiger partial charge in [0.05, 0.1) is 6.54 Å². The quantitative estimate of drug-likeness (QED) is 0.807. The summed E-state index contributed by atoms with van der Waals surface area (Å²) in [6.45, 7) is 4.73. The number of anilines is 2. The average Bonchev–Trinajstić information content (AvgIpc) is 2.90. The largest absolute Gasteiger partial charge is 0.376 e. The van der Waals surface area contributed by atoms with Crippen LogP contribution in [0.5, 0.6) is 0 Å². The van der Waals surface area contributed by atoms with Gasteiger partial charge in [-0.15, -0.1) is 0 Å². The highest BCUT2D eigenvalue weighted by atomic mass is 16.1. The molecule has 1 amide bonds. The molecule has 0 radical (unpaired) electrons. The molecule has 2 aliphatic rings. The lowest BCUT2D eigenvalue weighted by atomic mass is 10.1. The summed E-state index contributed by atoms with van der Waals surface area (Å²) >= 11 is 0. The van der Waals surface area contributed by atoms with Crippen LogP contribution in [0.15, 0.2) is 24.3 Å². The molecule has 2 fully saturated rings. The van der Waals surface area contributed by atoms with Crippen molar-refractivity contribution in [2.75, 3.05) is 50.0 Å². The van der Waals surface area contributed by atoms with Gasteiger partial charge in [-0.05, 0) is 44.2 Å². The molecule has 138 valence electrons. The number of nitrogens with one attached hydrogen (secondary N) is 2. The number of benzene rings is 1. The van der Waals surface area contributed by atoms with E-state index < -0.39 is 0 Å². The summed E-state index contributed by atoms with van der Waals surface area (Å²) < 4.78 is 0. The second-order valence-electron chi connectivity index (χ2n) is 7.45. The first kappa shape index (κ1) is 18.1. The minimum absolute atomic E-state index is 0.107. The van der Waals surface area contributed by atoms with E-state index in [-0.39, 0.29) is 5.91 Å². The van der Waals surface area contributed by atoms with E-state index in [1.807, 2.05) is 0 Å². The molecule has 1 aliphatic heterocycles. The van der Waals surface area contributed by atoms with E-state index in [1.165, 1.54) is 31.4 Å². The van der Waals surface area contributed by atoms with Crippen LogP contribution in [0, 0.1) is 0 Å². The minimum atomic E-state index is 0.107. The number of rotatable bonds is 5. The predicted octanol–water partition coefficient (Wildman–Crippen LogP) is 2.69. The van der Waals surface area contributed by atoms with E-state index in [0.717, 1.165) is 44.7 Å². The minimum Gasteiger partial charge on any atom is -0.376 e. The fourth-order valence-corrected chi connectivity index (χ4v) is 3.74. The third-order valence-electron chi connectivity index (χ3n) is 5.41. The molecule has 0 atom stereocenters. The Morgan fingerprint density at radius 3 is 2.28 bits per heavy atom. The van der Waals surface area contributed by atoms with Crippen molar-refractivity contribution >= 4 is 17.3 Å². The third kappa shape index (κ3) is 5.63. The summed E-state index contributed by atoms with van der Waals surface area (Å²) in [4.78, 5) is 16.9. The second kappa shape index (κ2) is 9.09. The smallest absolute Gasteiger partial charge is 0.239 e. The summed E-state index contributed by atoms with van der Waals surface area (Å²) in [6, 6.07) is 8.82. The van der Waals surface area contributed by atoms with Crippen LogP contribution in [0.1, 0.15) is 38.5 Å². The molecule has 5 nitrogen and oxygen atoms in total. The van der Waals surface area contributed by atoms with E-state index in [1.54, 1.807) is 0 Å². The molecule has 1 saturated carbocycles. The van der Waals surface area contributed by atoms with Gasteiger partial charge in [0.1, 0.15) is 0 Å². The zero-order valence-electron chi connectivity index (χ0n) is 15.5. The van der Waals surface area contributed by atoms with Crippen LogP contribution in [-0.4, -0.2) is 56.6 Å². The standard InChI is InChI=1S/C20H32N4O/c1-23-12-14-24(15-13-23)19-10-8-17(9-11-19)21-16-20(25)22-18-6-4-2-3-5-7-18/h8-11,18,21H,2-7,12-16H2,1H3,(H,22,25). The lowest BCUT2D eigenvalue weighted by molar-refractivity contribution is -0.120. The fourth-order valence-electron chi connectivity index (χ4n) is 3.74. The van der Waals surface area contributed by atoms with E-state index in [9.17, 15) is 4.79 Å². The number of piperazine rings is 1. The van der Waals surface area contributed by atoms with Gasteiger partial charge in [-0.2, -0.15) is 0 Å². The van der Waals surface area contributed by atoms with Crippen LogP contribution < -0.4 is 15.5 Å². The molecular weight excluding hydrogens is 312 g/mol. The van der Waals surface area contributed by atoms with Gasteiger partial charge < -0.3 is 20.4 Å². The third-order valence-corrected chi connectivity index (χ3v) is 5.41. The highest BCUT2D eigenvalue weighted by Crippen LogP contribution is 2.19. The first-order chi connectivity index (χ1) is 12.2. The Hall–Kier alpha value is -1.75. The van der Waals surface area contributed by atoms with Gasteiger partial charge in [0.2, 0.25) is 5.91 Å². The van der Waals surface area contributed by atoms with Crippen molar-refractivity contribution in [1.82, 2.24) is 10.2 Å². The first-order valence-electron chi connectivity index (χ1n) is 9.77. The van der Waals surface area contributed by atoms with Crippen LogP contribution in [-0.2, 0) is 4.79 Å². The van der Waals surface area contributed by atoms with E-state index in [0.29, 0.717) is 12.6 Å². The summed E-state index contributed by atoms with van der Waals surface area (Å²) in [5, 5.41) is 6.43. The SMILES string of the molecule is CN1CCN(c2ccc(NCC(=O)NC3CCCCCC3)cc2)CC1. The van der Waals surface area contributed by atoms with E-state index in [2.05, 4.69) is 51.7 Å². The van der Waals surface area contributed by atoms with Crippen molar-refractivity contribution < 1.29 is 4.79 Å². The fraction of sp³-hybridized carbons (Fsp3) is 0.650. The maximum Gasteiger partial charge on any atom is 0.239 e. The van der Waals surface area contributed by atoms with Gasteiger partial charge in [0, 0.05) is 43.6 Å². The Morgan fingerprint density at radius 2 is 1.64 bits per heavy atom. The van der Waals surface area contributed by atoms with Crippen molar-refractivity contribution in [2.24, 2.45) is 0 Å². The van der Waals surface area contributed by atoms with Gasteiger partial charge >= 0.3 is 0 Å². The molecule has 1 aromatic rings. The molecular formula is C20H32N4O. The molecule has 1 aliphatic carbocycles. The van der Waals surface area contributed by atoms with Crippen LogP contribution in [0.3, 0.4) is 0 Å². The maximum atomic E-state index is 12.2. The number of nitrogens with zero attached hydrogens (tertiary/aromatic N) is 2. The number of hydrogen-bond donors (Lipinski definition) is 2. The van der Waals surface area contributed by atoms with Crippen molar-refractivity contribution in [2.45, 2.75) is 44.6 Å². The van der Waals surface area contributed by atoms with Gasteiger partial charge in [-0.3, -0.25) is 4.79 Å². The molecule has 2 N–H and O–H groups in total. The Kier molecular flexibility index (Phi) is 6.56. The molecule has 0 bridgehead atoms. The Morgan fingerprint density at radius 1 is 1.00 bits per heavy atom. The summed E-state index contributed by atoms with van der Waals surface area (Å²) in [6.07, 6.45) is 7.36. The molecule has 25 heavy (non-hydrogen) atoms. The summed E-state index contributed by atoms with van der Waals surface area (Å²) in [5.74, 6) is 0.107. The number of amides is 1. The monoisotopic (exact) mass is 344 g/mol. The Labute approximate surface area is 151 Å². The highest BCUT2D eigenvalue weighted by molar-refractivity contribution is 5.81. The molecule has 3 rings (SSSR count). The molecule has 0 unspecified atom stereocenters. The molecule has 1 heterocycles. The first-order valence-corrected chi connectivity index (χ1v) is 9.77. The van der Waals surface area contributed by atoms with Crippen molar-refractivity contribution in [3.8, 4) is 0 Å². The van der Waals surface area contributed by atoms with Gasteiger partial charge in [0.15, 0.2) is 0 Å². The Balaban J connectivity index is 1.42. The molecule has 1 saturated heterocycles. The van der Waals surface area contributed by atoms with Crippen molar-refractivity contribution in [1.29, 1.82) is 0 Å². The van der Waals surface area contributed by atoms with Crippen molar-refractivity contribution in [3.63, 3.8) is 0 Å². The van der Waals surface area contributed by atoms with Gasteiger partial charge in [-0.1, -0.05) is 25.7 Å². The molecule has 0 spiro atoms. The van der Waals surface area contributed by atoms with E-state index >= 15 is 0 Å². The average molecular weight is 345 g/mol. The summed E-state index contributed by atoms with van der Waals surface area (Å²) in [7, 11) is 2.17. The zero-order valence-corrected chi connectivity index (χ0v) is 15.5. The predicted molar refractivity (Wildman–Crippen MR) is 104 cm³/mol.